The van der Waals surface area contributed by atoms with Crippen molar-refractivity contribution >= 4 is 29.1 Å². The summed E-state index contributed by atoms with van der Waals surface area (Å²) < 4.78 is 7.06. The molecule has 0 saturated heterocycles. The van der Waals surface area contributed by atoms with Gasteiger partial charge in [0, 0.05) is 29.2 Å². The third-order valence-electron chi connectivity index (χ3n) is 3.63. The predicted molar refractivity (Wildman–Crippen MR) is 94.3 cm³/mol. The molecule has 5 nitrogen and oxygen atoms in total. The van der Waals surface area contributed by atoms with Crippen molar-refractivity contribution < 1.29 is 9.32 Å². The van der Waals surface area contributed by atoms with Crippen LogP contribution in [-0.4, -0.2) is 26.2 Å². The number of aromatic nitrogens is 3. The number of hydrogen-bond donors (Lipinski definition) is 0. The topological polar surface area (TPSA) is 60.9 Å². The highest BCUT2D eigenvalue weighted by molar-refractivity contribution is 7.99. The molecule has 124 valence electrons. The summed E-state index contributed by atoms with van der Waals surface area (Å²) in [4.78, 5) is 16.8. The van der Waals surface area contributed by atoms with Crippen LogP contribution in [0.4, 0.5) is 0 Å². The van der Waals surface area contributed by atoms with Gasteiger partial charge in [-0.05, 0) is 39.0 Å². The summed E-state index contributed by atoms with van der Waals surface area (Å²) in [6.07, 6.45) is 1.58. The molecule has 0 bridgehead atoms. The van der Waals surface area contributed by atoms with Gasteiger partial charge in [0.2, 0.25) is 0 Å². The van der Waals surface area contributed by atoms with E-state index in [4.69, 9.17) is 16.1 Å². The Hall–Kier alpha value is -2.05. The van der Waals surface area contributed by atoms with E-state index in [-0.39, 0.29) is 5.78 Å². The first-order valence-electron chi connectivity index (χ1n) is 7.36. The maximum Gasteiger partial charge on any atom is 0.180 e. The molecular formula is C17H16ClN3O2S. The SMILES string of the molecule is Cc1cc(-n2c(C)cc(C(=O)CSc3ccc(Cl)cn3)c2C)no1. The monoisotopic (exact) mass is 361 g/mol. The highest BCUT2D eigenvalue weighted by Gasteiger charge is 2.18. The number of hydrogen-bond acceptors (Lipinski definition) is 5. The second kappa shape index (κ2) is 6.83. The third-order valence-corrected chi connectivity index (χ3v) is 4.79. The average molecular weight is 362 g/mol. The van der Waals surface area contributed by atoms with E-state index in [1.165, 1.54) is 11.8 Å². The van der Waals surface area contributed by atoms with Crippen LogP contribution in [0.3, 0.4) is 0 Å². The Labute approximate surface area is 149 Å². The summed E-state index contributed by atoms with van der Waals surface area (Å²) >= 11 is 7.21. The number of carbonyl (C=O) groups excluding carboxylic acids is 1. The van der Waals surface area contributed by atoms with E-state index in [2.05, 4.69) is 10.1 Å². The van der Waals surface area contributed by atoms with Crippen molar-refractivity contribution in [1.29, 1.82) is 0 Å². The van der Waals surface area contributed by atoms with Crippen molar-refractivity contribution in [2.75, 3.05) is 5.75 Å². The van der Waals surface area contributed by atoms with Crippen molar-refractivity contribution in [1.82, 2.24) is 14.7 Å². The number of pyridine rings is 1. The van der Waals surface area contributed by atoms with Gasteiger partial charge in [-0.2, -0.15) is 0 Å². The third kappa shape index (κ3) is 3.39. The smallest absolute Gasteiger partial charge is 0.180 e. The van der Waals surface area contributed by atoms with Crippen molar-refractivity contribution in [3.63, 3.8) is 0 Å². The lowest BCUT2D eigenvalue weighted by atomic mass is 10.2. The lowest BCUT2D eigenvalue weighted by Crippen LogP contribution is -2.06. The van der Waals surface area contributed by atoms with Crippen LogP contribution in [0.1, 0.15) is 27.5 Å². The molecule has 0 radical (unpaired) electrons. The van der Waals surface area contributed by atoms with E-state index < -0.39 is 0 Å². The van der Waals surface area contributed by atoms with Crippen molar-refractivity contribution in [2.45, 2.75) is 25.8 Å². The summed E-state index contributed by atoms with van der Waals surface area (Å²) in [5, 5.41) is 5.38. The maximum absolute atomic E-state index is 12.6. The van der Waals surface area contributed by atoms with Gasteiger partial charge in [0.15, 0.2) is 11.6 Å². The lowest BCUT2D eigenvalue weighted by molar-refractivity contribution is 0.102. The molecule has 0 unspecified atom stereocenters. The second-order valence-corrected chi connectivity index (χ2v) is 6.87. The molecule has 0 aliphatic rings. The van der Waals surface area contributed by atoms with Crippen molar-refractivity contribution in [2.24, 2.45) is 0 Å². The molecular weight excluding hydrogens is 346 g/mol. The quantitative estimate of drug-likeness (QED) is 0.497. The van der Waals surface area contributed by atoms with E-state index >= 15 is 0 Å². The highest BCUT2D eigenvalue weighted by atomic mass is 35.5. The van der Waals surface area contributed by atoms with Crippen LogP contribution in [0, 0.1) is 20.8 Å². The number of thioether (sulfide) groups is 1. The minimum atomic E-state index is 0.0521. The van der Waals surface area contributed by atoms with E-state index in [0.717, 1.165) is 22.2 Å². The van der Waals surface area contributed by atoms with Gasteiger partial charge < -0.3 is 4.52 Å². The summed E-state index contributed by atoms with van der Waals surface area (Å²) in [7, 11) is 0. The van der Waals surface area contributed by atoms with Gasteiger partial charge in [-0.25, -0.2) is 4.98 Å². The largest absolute Gasteiger partial charge is 0.360 e. The zero-order valence-corrected chi connectivity index (χ0v) is 15.1. The number of Topliss-reactive ketones (excluding diaryl/α,β-unsaturated/α-hetero) is 1. The molecule has 24 heavy (non-hydrogen) atoms. The van der Waals surface area contributed by atoms with E-state index in [1.54, 1.807) is 12.3 Å². The van der Waals surface area contributed by atoms with Gasteiger partial charge in [0.25, 0.3) is 0 Å². The predicted octanol–water partition coefficient (Wildman–Crippen LogP) is 4.41. The summed E-state index contributed by atoms with van der Waals surface area (Å²) in [5.41, 5.74) is 2.49. The normalized spacial score (nSPS) is 11.0. The summed E-state index contributed by atoms with van der Waals surface area (Å²) in [6, 6.07) is 7.31. The van der Waals surface area contributed by atoms with E-state index in [0.29, 0.717) is 22.2 Å². The number of halogens is 1. The zero-order valence-electron chi connectivity index (χ0n) is 13.5. The molecule has 0 spiro atoms. The molecule has 0 saturated carbocycles. The minimum absolute atomic E-state index is 0.0521. The highest BCUT2D eigenvalue weighted by Crippen LogP contribution is 2.24. The molecule has 0 aliphatic heterocycles. The molecule has 0 aliphatic carbocycles. The van der Waals surface area contributed by atoms with Crippen LogP contribution in [-0.2, 0) is 0 Å². The first-order chi connectivity index (χ1) is 11.5. The van der Waals surface area contributed by atoms with Gasteiger partial charge in [-0.15, -0.1) is 0 Å². The van der Waals surface area contributed by atoms with Crippen LogP contribution >= 0.6 is 23.4 Å². The molecule has 3 aromatic rings. The molecule has 0 fully saturated rings. The first-order valence-corrected chi connectivity index (χ1v) is 8.72. The number of carbonyl (C=O) groups is 1. The number of ketones is 1. The number of nitrogens with zero attached hydrogens (tertiary/aromatic N) is 3. The fourth-order valence-corrected chi connectivity index (χ4v) is 3.36. The fraction of sp³-hybridized carbons (Fsp3) is 0.235. The number of aryl methyl sites for hydroxylation is 2. The van der Waals surface area contributed by atoms with Crippen LogP contribution < -0.4 is 0 Å². The van der Waals surface area contributed by atoms with Crippen LogP contribution in [0.25, 0.3) is 5.82 Å². The minimum Gasteiger partial charge on any atom is -0.360 e. The second-order valence-electron chi connectivity index (χ2n) is 5.44. The molecule has 7 heteroatoms. The maximum atomic E-state index is 12.6. The first kappa shape index (κ1) is 16.8. The molecule has 3 rings (SSSR count). The summed E-state index contributed by atoms with van der Waals surface area (Å²) in [5.74, 6) is 1.79. The molecule has 0 atom stereocenters. The van der Waals surface area contributed by atoms with Gasteiger partial charge >= 0.3 is 0 Å². The zero-order chi connectivity index (χ0) is 17.3. The fourth-order valence-electron chi connectivity index (χ4n) is 2.52. The molecule has 0 amide bonds. The Morgan fingerprint density at radius 2 is 2.08 bits per heavy atom. The van der Waals surface area contributed by atoms with Gasteiger partial charge in [0.05, 0.1) is 15.8 Å². The van der Waals surface area contributed by atoms with Gasteiger partial charge in [-0.1, -0.05) is 28.5 Å². The van der Waals surface area contributed by atoms with Crippen LogP contribution in [0.15, 0.2) is 40.0 Å². The Morgan fingerprint density at radius 3 is 2.71 bits per heavy atom. The summed E-state index contributed by atoms with van der Waals surface area (Å²) in [6.45, 7) is 5.70. The Kier molecular flexibility index (Phi) is 4.78. The Bertz CT molecular complexity index is 884. The van der Waals surface area contributed by atoms with Crippen LogP contribution in [0.2, 0.25) is 5.02 Å². The molecule has 3 aromatic heterocycles. The lowest BCUT2D eigenvalue weighted by Gasteiger charge is -2.05. The van der Waals surface area contributed by atoms with Gasteiger partial charge in [-0.3, -0.25) is 9.36 Å². The average Bonchev–Trinajstić information content (AvgIpc) is 3.09. The van der Waals surface area contributed by atoms with Gasteiger partial charge in [0.1, 0.15) is 5.76 Å². The molecule has 0 N–H and O–H groups in total. The van der Waals surface area contributed by atoms with Crippen molar-refractivity contribution in [3.05, 3.63) is 58.2 Å². The Balaban J connectivity index is 1.79. The van der Waals surface area contributed by atoms with Crippen LogP contribution in [0.5, 0.6) is 0 Å². The molecule has 3 heterocycles. The Morgan fingerprint density at radius 1 is 1.29 bits per heavy atom. The number of rotatable bonds is 5. The van der Waals surface area contributed by atoms with E-state index in [1.807, 2.05) is 43.5 Å². The van der Waals surface area contributed by atoms with E-state index in [9.17, 15) is 4.79 Å². The standard InChI is InChI=1S/C17H16ClN3O2S/c1-10-6-14(12(3)21(10)16-7-11(2)23-20-16)15(22)9-24-17-5-4-13(18)8-19-17/h4-8H,9H2,1-3H3. The molecule has 0 aromatic carbocycles. The van der Waals surface area contributed by atoms with Crippen molar-refractivity contribution in [3.8, 4) is 5.82 Å².